The first-order valence-corrected chi connectivity index (χ1v) is 11.1. The van der Waals surface area contributed by atoms with Gasteiger partial charge in [0.2, 0.25) is 0 Å². The molecule has 2 aromatic carbocycles. The van der Waals surface area contributed by atoms with Crippen molar-refractivity contribution in [3.8, 4) is 23.6 Å². The van der Waals surface area contributed by atoms with Gasteiger partial charge < -0.3 is 20.1 Å². The molecule has 2 aromatic rings. The van der Waals surface area contributed by atoms with Crippen LogP contribution in [0.15, 0.2) is 59.7 Å². The van der Waals surface area contributed by atoms with Gasteiger partial charge >= 0.3 is 13.2 Å². The van der Waals surface area contributed by atoms with E-state index in [1.807, 2.05) is 0 Å². The van der Waals surface area contributed by atoms with Gasteiger partial charge in [0.05, 0.1) is 0 Å². The number of unbranched alkanes of at least 4 members (excludes halogenated alkanes) is 1. The average Bonchev–Trinajstić information content (AvgIpc) is 2.88. The minimum Gasteiger partial charge on any atom is -0.435 e. The number of amides is 2. The molecule has 0 atom stereocenters. The van der Waals surface area contributed by atoms with Crippen molar-refractivity contribution in [2.75, 3.05) is 13.1 Å². The number of nitriles is 2. The largest absolute Gasteiger partial charge is 0.435 e. The van der Waals surface area contributed by atoms with Gasteiger partial charge in [-0.2, -0.15) is 28.1 Å². The third kappa shape index (κ3) is 10.4. The second kappa shape index (κ2) is 15.3. The molecule has 0 bridgehead atoms. The summed E-state index contributed by atoms with van der Waals surface area (Å²) in [5, 5.41) is 23.6. The smallest absolute Gasteiger partial charge is 0.387 e. The summed E-state index contributed by atoms with van der Waals surface area (Å²) in [5.41, 5.74) is 0.525. The van der Waals surface area contributed by atoms with Crippen LogP contribution in [-0.2, 0) is 9.59 Å². The van der Waals surface area contributed by atoms with Crippen molar-refractivity contribution in [1.29, 1.82) is 10.5 Å². The lowest BCUT2D eigenvalue weighted by Crippen LogP contribution is -2.28. The number of carbonyl (C=O) groups excluding carboxylic acids is 2. The van der Waals surface area contributed by atoms with Crippen LogP contribution in [0.1, 0.15) is 24.0 Å². The molecule has 8 nitrogen and oxygen atoms in total. The van der Waals surface area contributed by atoms with E-state index in [0.29, 0.717) is 24.0 Å². The summed E-state index contributed by atoms with van der Waals surface area (Å²) in [4.78, 5) is 24.4. The van der Waals surface area contributed by atoms with Gasteiger partial charge in [-0.1, -0.05) is 24.3 Å². The number of hydrogen-bond donors (Lipinski definition) is 2. The van der Waals surface area contributed by atoms with E-state index in [0.717, 1.165) is 0 Å². The predicted octanol–water partition coefficient (Wildman–Crippen LogP) is 4.42. The zero-order valence-electron chi connectivity index (χ0n) is 19.8. The molecule has 0 spiro atoms. The van der Waals surface area contributed by atoms with Crippen molar-refractivity contribution in [2.24, 2.45) is 0 Å². The lowest BCUT2D eigenvalue weighted by Gasteiger charge is -2.07. The number of rotatable bonds is 13. The third-order valence-electron chi connectivity index (χ3n) is 4.74. The molecule has 0 saturated carbocycles. The van der Waals surface area contributed by atoms with Gasteiger partial charge in [0.15, 0.2) is 0 Å². The fourth-order valence-electron chi connectivity index (χ4n) is 2.97. The van der Waals surface area contributed by atoms with E-state index >= 15 is 0 Å². The normalized spacial score (nSPS) is 11.5. The van der Waals surface area contributed by atoms with Crippen molar-refractivity contribution >= 4 is 24.0 Å². The first-order chi connectivity index (χ1) is 18.2. The van der Waals surface area contributed by atoms with Crippen LogP contribution in [-0.4, -0.2) is 38.1 Å². The minimum atomic E-state index is -2.96. The van der Waals surface area contributed by atoms with Crippen molar-refractivity contribution < 1.29 is 36.6 Å². The van der Waals surface area contributed by atoms with Crippen LogP contribution in [0.25, 0.3) is 12.2 Å². The van der Waals surface area contributed by atoms with Crippen LogP contribution in [0.3, 0.4) is 0 Å². The summed E-state index contributed by atoms with van der Waals surface area (Å²) in [6.07, 6.45) is 3.52. The van der Waals surface area contributed by atoms with E-state index in [9.17, 15) is 37.7 Å². The van der Waals surface area contributed by atoms with E-state index in [1.54, 1.807) is 12.1 Å². The van der Waals surface area contributed by atoms with E-state index in [4.69, 9.17) is 0 Å². The molecule has 38 heavy (non-hydrogen) atoms. The molecule has 2 amide bonds. The molecule has 2 N–H and O–H groups in total. The maximum absolute atomic E-state index is 12.2. The first kappa shape index (κ1) is 29.4. The second-order valence-corrected chi connectivity index (χ2v) is 7.45. The molecular weight excluding hydrogens is 508 g/mol. The van der Waals surface area contributed by atoms with Gasteiger partial charge in [0, 0.05) is 13.1 Å². The van der Waals surface area contributed by atoms with Gasteiger partial charge in [0.1, 0.15) is 34.8 Å². The molecule has 0 aliphatic carbocycles. The Balaban J connectivity index is 1.76. The topological polar surface area (TPSA) is 124 Å². The van der Waals surface area contributed by atoms with E-state index < -0.39 is 25.0 Å². The van der Waals surface area contributed by atoms with Crippen LogP contribution in [0.2, 0.25) is 0 Å². The van der Waals surface area contributed by atoms with Gasteiger partial charge in [-0.05, 0) is 60.4 Å². The molecule has 0 aliphatic heterocycles. The Morgan fingerprint density at radius 3 is 1.34 bits per heavy atom. The first-order valence-electron chi connectivity index (χ1n) is 11.1. The predicted molar refractivity (Wildman–Crippen MR) is 129 cm³/mol. The zero-order chi connectivity index (χ0) is 27.9. The second-order valence-electron chi connectivity index (χ2n) is 7.45. The number of halogens is 4. The Labute approximate surface area is 215 Å². The number of benzene rings is 2. The number of nitrogens with zero attached hydrogens (tertiary/aromatic N) is 2. The van der Waals surface area contributed by atoms with Gasteiger partial charge in [-0.15, -0.1) is 0 Å². The van der Waals surface area contributed by atoms with Crippen LogP contribution in [0.4, 0.5) is 17.6 Å². The van der Waals surface area contributed by atoms with Gasteiger partial charge in [-0.3, -0.25) is 9.59 Å². The van der Waals surface area contributed by atoms with Crippen molar-refractivity contribution in [3.05, 3.63) is 70.8 Å². The quantitative estimate of drug-likeness (QED) is 0.171. The molecule has 0 saturated heterocycles. The Bertz CT molecular complexity index is 1130. The van der Waals surface area contributed by atoms with Crippen molar-refractivity contribution in [2.45, 2.75) is 26.1 Å². The van der Waals surface area contributed by atoms with E-state index in [-0.39, 0.29) is 35.7 Å². The summed E-state index contributed by atoms with van der Waals surface area (Å²) in [7, 11) is 0. The molecule has 0 aromatic heterocycles. The molecular formula is C26H22F4N4O4. The van der Waals surface area contributed by atoms with Crippen molar-refractivity contribution in [1.82, 2.24) is 10.6 Å². The van der Waals surface area contributed by atoms with E-state index in [1.165, 1.54) is 60.7 Å². The van der Waals surface area contributed by atoms with E-state index in [2.05, 4.69) is 20.1 Å². The molecule has 0 fully saturated rings. The molecule has 12 heteroatoms. The fraction of sp³-hybridized carbons (Fsp3) is 0.231. The molecule has 0 aliphatic rings. The van der Waals surface area contributed by atoms with Crippen LogP contribution in [0.5, 0.6) is 11.5 Å². The number of carbonyl (C=O) groups is 2. The highest BCUT2D eigenvalue weighted by Crippen LogP contribution is 2.18. The Hall–Kier alpha value is -4.84. The average molecular weight is 530 g/mol. The van der Waals surface area contributed by atoms with Crippen LogP contribution in [0, 0.1) is 22.7 Å². The Morgan fingerprint density at radius 2 is 1.05 bits per heavy atom. The lowest BCUT2D eigenvalue weighted by atomic mass is 10.1. The number of alkyl halides is 4. The summed E-state index contributed by atoms with van der Waals surface area (Å²) in [6, 6.07) is 14.4. The summed E-state index contributed by atoms with van der Waals surface area (Å²) >= 11 is 0. The summed E-state index contributed by atoms with van der Waals surface area (Å²) in [6.45, 7) is -5.50. The van der Waals surface area contributed by atoms with Crippen molar-refractivity contribution in [3.63, 3.8) is 0 Å². The Kier molecular flexibility index (Phi) is 11.8. The third-order valence-corrected chi connectivity index (χ3v) is 4.74. The zero-order valence-corrected chi connectivity index (χ0v) is 19.8. The highest BCUT2D eigenvalue weighted by atomic mass is 19.3. The Morgan fingerprint density at radius 1 is 0.711 bits per heavy atom. The molecule has 0 heterocycles. The molecule has 0 unspecified atom stereocenters. The maximum atomic E-state index is 12.2. The molecule has 0 radical (unpaired) electrons. The highest BCUT2D eigenvalue weighted by molar-refractivity contribution is 6.02. The molecule has 198 valence electrons. The number of ether oxygens (including phenoxy) is 2. The number of nitrogens with one attached hydrogen (secondary N) is 2. The maximum Gasteiger partial charge on any atom is 0.387 e. The monoisotopic (exact) mass is 530 g/mol. The summed E-state index contributed by atoms with van der Waals surface area (Å²) in [5.74, 6) is -1.35. The fourth-order valence-corrected chi connectivity index (χ4v) is 2.97. The standard InChI is InChI=1S/C26H22F4N4O4/c27-25(28)37-21-7-3-17(4-8-21)13-19(15-31)23(35)33-11-1-2-12-34-24(36)20(16-32)14-18-5-9-22(10-6-18)38-26(29)30/h3-10,13-14,25-26H,1-2,11-12H2,(H,33,35)(H,34,36)/b19-13-,20-14+. The minimum absolute atomic E-state index is 0.0547. The highest BCUT2D eigenvalue weighted by Gasteiger charge is 2.11. The van der Waals surface area contributed by atoms with Crippen LogP contribution >= 0.6 is 0 Å². The van der Waals surface area contributed by atoms with Gasteiger partial charge in [0.25, 0.3) is 11.8 Å². The lowest BCUT2D eigenvalue weighted by molar-refractivity contribution is -0.118. The van der Waals surface area contributed by atoms with Crippen LogP contribution < -0.4 is 20.1 Å². The number of hydrogen-bond acceptors (Lipinski definition) is 6. The van der Waals surface area contributed by atoms with Gasteiger partial charge in [-0.25, -0.2) is 0 Å². The molecule has 2 rings (SSSR count). The summed E-state index contributed by atoms with van der Waals surface area (Å²) < 4.78 is 57.3. The SMILES string of the molecule is N#C/C(=C/c1ccc(OC(F)F)cc1)C(=O)NCCCCNC(=O)/C(C#N)=C/c1ccc(OC(F)F)cc1.